The van der Waals surface area contributed by atoms with Crippen molar-refractivity contribution in [3.05, 3.63) is 29.3 Å². The van der Waals surface area contributed by atoms with Crippen LogP contribution in [0.25, 0.3) is 0 Å². The van der Waals surface area contributed by atoms with E-state index in [1.165, 1.54) is 24.8 Å². The van der Waals surface area contributed by atoms with Crippen LogP contribution in [-0.2, 0) is 32.0 Å². The Kier molecular flexibility index (Phi) is 14.7. The molecule has 8 heteroatoms. The Morgan fingerprint density at radius 2 is 1.67 bits per heavy atom. The minimum absolute atomic E-state index is 0.00618. The smallest absolute Gasteiger partial charge is 0.341 e. The van der Waals surface area contributed by atoms with Crippen LogP contribution in [0.15, 0.2) is 18.2 Å². The highest BCUT2D eigenvalue weighted by Crippen LogP contribution is 2.50. The molecule has 3 aliphatic rings. The fourth-order valence-electron chi connectivity index (χ4n) is 8.38. The number of carboxylic acids is 1. The van der Waals surface area contributed by atoms with E-state index in [0.29, 0.717) is 31.1 Å². The summed E-state index contributed by atoms with van der Waals surface area (Å²) >= 11 is 0. The number of aliphatic carboxylic acids is 1. The summed E-state index contributed by atoms with van der Waals surface area (Å²) in [6.07, 6.45) is 16.2. The van der Waals surface area contributed by atoms with E-state index in [4.69, 9.17) is 9.47 Å². The van der Waals surface area contributed by atoms with Gasteiger partial charge in [-0.1, -0.05) is 83.8 Å². The number of rotatable bonds is 19. The molecule has 0 bridgehead atoms. The largest absolute Gasteiger partial charge is 0.482 e. The molecule has 258 valence electrons. The first-order valence-corrected chi connectivity index (χ1v) is 18.4. The van der Waals surface area contributed by atoms with Crippen molar-refractivity contribution in [2.75, 3.05) is 13.2 Å². The number of aliphatic hydroxyl groups excluding tert-OH is 1. The van der Waals surface area contributed by atoms with Crippen LogP contribution in [0.3, 0.4) is 0 Å². The van der Waals surface area contributed by atoms with Crippen LogP contribution in [0.5, 0.6) is 5.75 Å². The van der Waals surface area contributed by atoms with E-state index in [1.807, 2.05) is 12.1 Å². The summed E-state index contributed by atoms with van der Waals surface area (Å²) in [5.74, 6) is -0.646. The van der Waals surface area contributed by atoms with Gasteiger partial charge in [0.1, 0.15) is 11.9 Å². The van der Waals surface area contributed by atoms with Crippen molar-refractivity contribution in [3.8, 4) is 5.75 Å². The van der Waals surface area contributed by atoms with Gasteiger partial charge in [0, 0.05) is 6.54 Å². The molecule has 1 aromatic carbocycles. The van der Waals surface area contributed by atoms with Gasteiger partial charge in [-0.3, -0.25) is 9.59 Å². The maximum absolute atomic E-state index is 13.9. The maximum Gasteiger partial charge on any atom is 0.341 e. The van der Waals surface area contributed by atoms with Gasteiger partial charge in [-0.05, 0) is 92.7 Å². The van der Waals surface area contributed by atoms with Crippen LogP contribution < -0.4 is 10.1 Å². The Labute approximate surface area is 276 Å². The molecule has 2 saturated carbocycles. The molecule has 0 spiro atoms. The molecule has 1 aromatic rings. The number of benzene rings is 1. The quantitative estimate of drug-likeness (QED) is 0.110. The summed E-state index contributed by atoms with van der Waals surface area (Å²) in [6.45, 7) is 4.64. The lowest BCUT2D eigenvalue weighted by Crippen LogP contribution is -2.42. The molecule has 1 amide bonds. The van der Waals surface area contributed by atoms with Gasteiger partial charge in [-0.25, -0.2) is 4.79 Å². The Morgan fingerprint density at radius 1 is 0.935 bits per heavy atom. The number of esters is 1. The average molecular weight is 642 g/mol. The normalized spacial score (nSPS) is 26.1. The fourth-order valence-corrected chi connectivity index (χ4v) is 8.38. The molecule has 0 saturated heterocycles. The molecule has 2 unspecified atom stereocenters. The predicted octanol–water partition coefficient (Wildman–Crippen LogP) is 7.03. The number of carbonyl (C=O) groups excluding carboxylic acids is 2. The number of amides is 1. The van der Waals surface area contributed by atoms with E-state index in [9.17, 15) is 24.6 Å². The molecular formula is C38H59NO7. The highest BCUT2D eigenvalue weighted by atomic mass is 16.5. The van der Waals surface area contributed by atoms with Gasteiger partial charge in [0.25, 0.3) is 0 Å². The molecule has 3 N–H and O–H groups in total. The van der Waals surface area contributed by atoms with Crippen molar-refractivity contribution >= 4 is 17.8 Å². The second-order valence-corrected chi connectivity index (χ2v) is 14.2. The molecule has 0 heterocycles. The zero-order valence-electron chi connectivity index (χ0n) is 28.4. The van der Waals surface area contributed by atoms with Gasteiger partial charge >= 0.3 is 11.9 Å². The summed E-state index contributed by atoms with van der Waals surface area (Å²) in [5, 5.41) is 23.1. The van der Waals surface area contributed by atoms with Gasteiger partial charge < -0.3 is 25.0 Å². The number of fused-ring (bicyclic) bond motifs is 2. The predicted molar refractivity (Wildman–Crippen MR) is 179 cm³/mol. The topological polar surface area (TPSA) is 122 Å². The number of aliphatic hydroxyl groups is 1. The van der Waals surface area contributed by atoms with Gasteiger partial charge in [0.05, 0.1) is 17.9 Å². The molecule has 0 aliphatic heterocycles. The minimum atomic E-state index is -1.00. The SMILES string of the molecule is CCCCCCCNC(=O)C1CCCCC1C(=O)O[C@@H]1C[C@@H]2Cc3c(cccc3OCC(=O)O)C[C@@H]2[C@H]1CC[C@@H](O)CCCCC. The highest BCUT2D eigenvalue weighted by Gasteiger charge is 2.48. The fraction of sp³-hybridized carbons (Fsp3) is 0.763. The van der Waals surface area contributed by atoms with Gasteiger partial charge in [0.2, 0.25) is 5.91 Å². The molecule has 7 atom stereocenters. The summed E-state index contributed by atoms with van der Waals surface area (Å²) in [6, 6.07) is 5.87. The van der Waals surface area contributed by atoms with E-state index in [0.717, 1.165) is 89.0 Å². The monoisotopic (exact) mass is 641 g/mol. The molecule has 8 nitrogen and oxygen atoms in total. The minimum Gasteiger partial charge on any atom is -0.482 e. The average Bonchev–Trinajstić information content (AvgIpc) is 3.38. The van der Waals surface area contributed by atoms with E-state index >= 15 is 0 Å². The van der Waals surface area contributed by atoms with Crippen LogP contribution in [0, 0.1) is 29.6 Å². The number of carbonyl (C=O) groups is 3. The van der Waals surface area contributed by atoms with E-state index in [-0.39, 0.29) is 48.4 Å². The van der Waals surface area contributed by atoms with Crippen molar-refractivity contribution in [1.29, 1.82) is 0 Å². The zero-order chi connectivity index (χ0) is 32.9. The number of nitrogens with one attached hydrogen (secondary N) is 1. The molecule has 3 aliphatic carbocycles. The van der Waals surface area contributed by atoms with Crippen LogP contribution in [-0.4, -0.2) is 53.4 Å². The Hall–Kier alpha value is -2.61. The Bertz CT molecular complexity index is 1120. The summed E-state index contributed by atoms with van der Waals surface area (Å²) in [7, 11) is 0. The molecule has 2 fully saturated rings. The van der Waals surface area contributed by atoms with E-state index < -0.39 is 11.9 Å². The van der Waals surface area contributed by atoms with Gasteiger partial charge in [-0.15, -0.1) is 0 Å². The molecule has 46 heavy (non-hydrogen) atoms. The first-order valence-electron chi connectivity index (χ1n) is 18.4. The Morgan fingerprint density at radius 3 is 2.43 bits per heavy atom. The molecular weight excluding hydrogens is 582 g/mol. The van der Waals surface area contributed by atoms with Crippen molar-refractivity contribution in [1.82, 2.24) is 5.32 Å². The number of ether oxygens (including phenoxy) is 2. The van der Waals surface area contributed by atoms with Gasteiger partial charge in [-0.2, -0.15) is 0 Å². The van der Waals surface area contributed by atoms with Crippen LogP contribution >= 0.6 is 0 Å². The zero-order valence-corrected chi connectivity index (χ0v) is 28.4. The van der Waals surface area contributed by atoms with Crippen molar-refractivity contribution in [2.24, 2.45) is 29.6 Å². The molecule has 4 rings (SSSR count). The van der Waals surface area contributed by atoms with Crippen molar-refractivity contribution < 1.29 is 34.1 Å². The third-order valence-electron chi connectivity index (χ3n) is 10.9. The highest BCUT2D eigenvalue weighted by molar-refractivity contribution is 5.85. The standard InChI is InChI=1S/C38H59NO7/c1-3-5-7-8-12-21-39-37(43)30-16-10-11-17-31(30)38(44)46-35-24-27-23-33-26(14-13-18-34(33)45-25-36(41)42)22-32(27)29(35)20-19-28(40)15-9-6-4-2/h13-14,18,27-32,35,40H,3-12,15-17,19-25H2,1-2H3,(H,39,43)(H,41,42)/t27-,28-,29+,30?,31?,32-,35+/m0/s1. The number of hydrogen-bond donors (Lipinski definition) is 3. The van der Waals surface area contributed by atoms with Crippen LogP contribution in [0.4, 0.5) is 0 Å². The Balaban J connectivity index is 1.44. The number of carboxylic acid groups (broad SMARTS) is 1. The lowest BCUT2D eigenvalue weighted by atomic mass is 9.73. The first-order chi connectivity index (χ1) is 22.3. The summed E-state index contributed by atoms with van der Waals surface area (Å²) in [5.41, 5.74) is 2.23. The van der Waals surface area contributed by atoms with Crippen LogP contribution in [0.2, 0.25) is 0 Å². The summed E-state index contributed by atoms with van der Waals surface area (Å²) in [4.78, 5) is 38.3. The third-order valence-corrected chi connectivity index (χ3v) is 10.9. The maximum atomic E-state index is 13.9. The van der Waals surface area contributed by atoms with Gasteiger partial charge in [0.15, 0.2) is 6.61 Å². The second-order valence-electron chi connectivity index (χ2n) is 14.2. The number of hydrogen-bond acceptors (Lipinski definition) is 6. The van der Waals surface area contributed by atoms with Crippen LogP contribution in [0.1, 0.15) is 128 Å². The number of unbranched alkanes of at least 4 members (excludes halogenated alkanes) is 6. The second kappa shape index (κ2) is 18.7. The van der Waals surface area contributed by atoms with E-state index in [2.05, 4.69) is 25.2 Å². The molecule has 0 aromatic heterocycles. The van der Waals surface area contributed by atoms with Crippen molar-refractivity contribution in [2.45, 2.75) is 142 Å². The summed E-state index contributed by atoms with van der Waals surface area (Å²) < 4.78 is 12.1. The molecule has 0 radical (unpaired) electrons. The lowest BCUT2D eigenvalue weighted by Gasteiger charge is -2.33. The van der Waals surface area contributed by atoms with E-state index in [1.54, 1.807) is 0 Å². The third kappa shape index (κ3) is 10.2. The first kappa shape index (κ1) is 36.2. The lowest BCUT2D eigenvalue weighted by molar-refractivity contribution is -0.162. The van der Waals surface area contributed by atoms with Crippen molar-refractivity contribution in [3.63, 3.8) is 0 Å².